The van der Waals surface area contributed by atoms with E-state index in [2.05, 4.69) is 33.0 Å². The zero-order valence-corrected chi connectivity index (χ0v) is 12.6. The second kappa shape index (κ2) is 8.02. The highest BCUT2D eigenvalue weighted by Gasteiger charge is 2.21. The summed E-state index contributed by atoms with van der Waals surface area (Å²) in [6.07, 6.45) is 6.68. The highest BCUT2D eigenvalue weighted by molar-refractivity contribution is 8.14. The number of aliphatic imine (C=N–C) groups is 1. The van der Waals surface area contributed by atoms with Gasteiger partial charge in [-0.2, -0.15) is 0 Å². The number of thioether (sulfide) groups is 1. The highest BCUT2D eigenvalue weighted by atomic mass is 32.2. The second-order valence-electron chi connectivity index (χ2n) is 5.45. The SMILES string of the molecule is CCCCCCC(C)NC1=NC(C(C)C)CS1. The number of hydrogen-bond donors (Lipinski definition) is 1. The van der Waals surface area contributed by atoms with Crippen molar-refractivity contribution in [3.05, 3.63) is 0 Å². The third kappa shape index (κ3) is 5.80. The molecule has 1 rings (SSSR count). The number of amidine groups is 1. The molecule has 1 aliphatic heterocycles. The molecular weight excluding hydrogens is 228 g/mol. The fourth-order valence-corrected chi connectivity index (χ4v) is 3.25. The van der Waals surface area contributed by atoms with Crippen LogP contribution in [0.4, 0.5) is 0 Å². The first-order valence-corrected chi connectivity index (χ1v) is 8.09. The molecule has 2 nitrogen and oxygen atoms in total. The first-order chi connectivity index (χ1) is 8.13. The van der Waals surface area contributed by atoms with Gasteiger partial charge in [-0.1, -0.05) is 58.2 Å². The smallest absolute Gasteiger partial charge is 0.157 e. The fraction of sp³-hybridized carbons (Fsp3) is 0.929. The lowest BCUT2D eigenvalue weighted by Gasteiger charge is -2.14. The summed E-state index contributed by atoms with van der Waals surface area (Å²) in [7, 11) is 0. The van der Waals surface area contributed by atoms with E-state index in [9.17, 15) is 0 Å². The molecule has 1 N–H and O–H groups in total. The third-order valence-corrected chi connectivity index (χ3v) is 4.31. The highest BCUT2D eigenvalue weighted by Crippen LogP contribution is 2.22. The van der Waals surface area contributed by atoms with Crippen molar-refractivity contribution in [1.29, 1.82) is 0 Å². The van der Waals surface area contributed by atoms with Crippen LogP contribution in [0.5, 0.6) is 0 Å². The van der Waals surface area contributed by atoms with Gasteiger partial charge in [0.1, 0.15) is 0 Å². The molecule has 0 aromatic carbocycles. The Morgan fingerprint density at radius 3 is 2.65 bits per heavy atom. The Balaban J connectivity index is 2.18. The third-order valence-electron chi connectivity index (χ3n) is 3.30. The summed E-state index contributed by atoms with van der Waals surface area (Å²) in [6.45, 7) is 9.05. The van der Waals surface area contributed by atoms with E-state index in [0.29, 0.717) is 18.0 Å². The van der Waals surface area contributed by atoms with Crippen LogP contribution in [0.15, 0.2) is 4.99 Å². The van der Waals surface area contributed by atoms with Crippen LogP contribution >= 0.6 is 11.8 Å². The summed E-state index contributed by atoms with van der Waals surface area (Å²) in [5, 5.41) is 4.73. The van der Waals surface area contributed by atoms with Gasteiger partial charge in [-0.25, -0.2) is 0 Å². The molecule has 0 radical (unpaired) electrons. The van der Waals surface area contributed by atoms with Crippen molar-refractivity contribution in [3.63, 3.8) is 0 Å². The molecule has 1 aliphatic rings. The van der Waals surface area contributed by atoms with Crippen molar-refractivity contribution >= 4 is 16.9 Å². The van der Waals surface area contributed by atoms with E-state index >= 15 is 0 Å². The molecule has 100 valence electrons. The van der Waals surface area contributed by atoms with Gasteiger partial charge in [0.2, 0.25) is 0 Å². The first kappa shape index (κ1) is 14.9. The van der Waals surface area contributed by atoms with Crippen LogP contribution in [0.2, 0.25) is 0 Å². The molecule has 0 saturated carbocycles. The van der Waals surface area contributed by atoms with Crippen molar-refractivity contribution < 1.29 is 0 Å². The first-order valence-electron chi connectivity index (χ1n) is 7.10. The van der Waals surface area contributed by atoms with Crippen molar-refractivity contribution in [1.82, 2.24) is 5.32 Å². The van der Waals surface area contributed by atoms with Gasteiger partial charge in [0.15, 0.2) is 5.17 Å². The minimum absolute atomic E-state index is 0.523. The van der Waals surface area contributed by atoms with E-state index in [0.717, 1.165) is 5.75 Å². The van der Waals surface area contributed by atoms with E-state index in [1.165, 1.54) is 37.3 Å². The van der Waals surface area contributed by atoms with E-state index in [4.69, 9.17) is 4.99 Å². The molecule has 2 atom stereocenters. The number of rotatable bonds is 7. The van der Waals surface area contributed by atoms with Crippen LogP contribution in [0.3, 0.4) is 0 Å². The molecule has 3 heteroatoms. The van der Waals surface area contributed by atoms with Crippen LogP contribution in [0.1, 0.15) is 59.8 Å². The van der Waals surface area contributed by atoms with Crippen molar-refractivity contribution in [2.45, 2.75) is 71.9 Å². The quantitative estimate of drug-likeness (QED) is 0.695. The Hall–Kier alpha value is -0.180. The molecule has 0 amide bonds. The molecule has 0 saturated heterocycles. The Morgan fingerprint density at radius 1 is 1.29 bits per heavy atom. The van der Waals surface area contributed by atoms with Gasteiger partial charge < -0.3 is 5.32 Å². The minimum atomic E-state index is 0.523. The van der Waals surface area contributed by atoms with Gasteiger partial charge in [0.25, 0.3) is 0 Å². The summed E-state index contributed by atoms with van der Waals surface area (Å²) in [4.78, 5) is 4.74. The van der Waals surface area contributed by atoms with Gasteiger partial charge in [-0.3, -0.25) is 4.99 Å². The van der Waals surface area contributed by atoms with Crippen LogP contribution in [0, 0.1) is 5.92 Å². The predicted octanol–water partition coefficient (Wildman–Crippen LogP) is 4.06. The van der Waals surface area contributed by atoms with Crippen LogP contribution in [-0.4, -0.2) is 23.0 Å². The zero-order chi connectivity index (χ0) is 12.7. The maximum absolute atomic E-state index is 4.74. The summed E-state index contributed by atoms with van der Waals surface area (Å²) in [5.74, 6) is 1.82. The second-order valence-corrected chi connectivity index (χ2v) is 6.46. The summed E-state index contributed by atoms with van der Waals surface area (Å²) < 4.78 is 0. The van der Waals surface area contributed by atoms with Gasteiger partial charge in [-0.15, -0.1) is 0 Å². The molecule has 0 aromatic rings. The summed E-state index contributed by atoms with van der Waals surface area (Å²) in [5.41, 5.74) is 0. The number of nitrogens with one attached hydrogen (secondary N) is 1. The zero-order valence-electron chi connectivity index (χ0n) is 11.8. The summed E-state index contributed by atoms with van der Waals surface area (Å²) >= 11 is 1.89. The van der Waals surface area contributed by atoms with Crippen molar-refractivity contribution in [2.24, 2.45) is 10.9 Å². The van der Waals surface area contributed by atoms with Crippen LogP contribution in [0.25, 0.3) is 0 Å². The maximum atomic E-state index is 4.74. The largest absolute Gasteiger partial charge is 0.362 e. The molecule has 0 fully saturated rings. The Morgan fingerprint density at radius 2 is 2.06 bits per heavy atom. The molecule has 0 aliphatic carbocycles. The number of hydrogen-bond acceptors (Lipinski definition) is 3. The predicted molar refractivity (Wildman–Crippen MR) is 79.9 cm³/mol. The average molecular weight is 256 g/mol. The van der Waals surface area contributed by atoms with Crippen molar-refractivity contribution in [3.8, 4) is 0 Å². The molecule has 0 spiro atoms. The van der Waals surface area contributed by atoms with Gasteiger partial charge in [0.05, 0.1) is 6.04 Å². The van der Waals surface area contributed by atoms with Crippen LogP contribution in [-0.2, 0) is 0 Å². The lowest BCUT2D eigenvalue weighted by Crippen LogP contribution is -2.29. The maximum Gasteiger partial charge on any atom is 0.157 e. The standard InChI is InChI=1S/C14H28N2S/c1-5-6-7-8-9-12(4)15-14-16-13(10-17-14)11(2)3/h11-13H,5-10H2,1-4H3,(H,15,16). The van der Waals surface area contributed by atoms with Crippen molar-refractivity contribution in [2.75, 3.05) is 5.75 Å². The summed E-state index contributed by atoms with van der Waals surface area (Å²) in [6, 6.07) is 1.10. The van der Waals surface area contributed by atoms with Gasteiger partial charge in [-0.05, 0) is 19.3 Å². The van der Waals surface area contributed by atoms with E-state index in [1.807, 2.05) is 11.8 Å². The van der Waals surface area contributed by atoms with Gasteiger partial charge in [0, 0.05) is 11.8 Å². The molecule has 1 heterocycles. The molecule has 2 unspecified atom stereocenters. The lowest BCUT2D eigenvalue weighted by molar-refractivity contribution is 0.531. The molecule has 0 bridgehead atoms. The monoisotopic (exact) mass is 256 g/mol. The van der Waals surface area contributed by atoms with Gasteiger partial charge >= 0.3 is 0 Å². The number of unbranched alkanes of at least 4 members (excludes halogenated alkanes) is 3. The van der Waals surface area contributed by atoms with Crippen LogP contribution < -0.4 is 5.32 Å². The Kier molecular flexibility index (Phi) is 7.02. The minimum Gasteiger partial charge on any atom is -0.362 e. The van der Waals surface area contributed by atoms with E-state index in [-0.39, 0.29) is 0 Å². The molecule has 0 aromatic heterocycles. The van der Waals surface area contributed by atoms with E-state index in [1.54, 1.807) is 0 Å². The molecular formula is C14H28N2S. The normalized spacial score (nSPS) is 21.7. The Labute approximate surface area is 111 Å². The average Bonchev–Trinajstić information content (AvgIpc) is 2.73. The van der Waals surface area contributed by atoms with E-state index < -0.39 is 0 Å². The molecule has 17 heavy (non-hydrogen) atoms. The number of nitrogens with zero attached hydrogens (tertiary/aromatic N) is 1. The fourth-order valence-electron chi connectivity index (χ4n) is 1.97. The lowest BCUT2D eigenvalue weighted by atomic mass is 10.1. The Bertz CT molecular complexity index is 238. The topological polar surface area (TPSA) is 24.4 Å².